The van der Waals surface area contributed by atoms with Crippen LogP contribution in [0.2, 0.25) is 10.0 Å². The summed E-state index contributed by atoms with van der Waals surface area (Å²) in [4.78, 5) is 11.4. The number of halogens is 2. The number of hydrogen-bond donors (Lipinski definition) is 3. The van der Waals surface area contributed by atoms with Crippen LogP contribution >= 0.6 is 23.2 Å². The van der Waals surface area contributed by atoms with E-state index in [1.54, 1.807) is 6.07 Å². The summed E-state index contributed by atoms with van der Waals surface area (Å²) in [5, 5.41) is 16.4. The zero-order chi connectivity index (χ0) is 13.8. The monoisotopic (exact) mass is 302 g/mol. The summed E-state index contributed by atoms with van der Waals surface area (Å²) in [5.74, 6) is 0.409. The lowest BCUT2D eigenvalue weighted by Crippen LogP contribution is -2.32. The van der Waals surface area contributed by atoms with Crippen LogP contribution in [-0.2, 0) is 11.3 Å². The predicted molar refractivity (Wildman–Crippen MR) is 75.6 cm³/mol. The van der Waals surface area contributed by atoms with Gasteiger partial charge in [0.2, 0.25) is 5.91 Å². The molecule has 0 aliphatic heterocycles. The van der Waals surface area contributed by atoms with Crippen LogP contribution in [0, 0.1) is 5.92 Å². The maximum Gasteiger partial charge on any atom is 0.223 e. The SMILES string of the molecule is O=C(NCCNCc1cc(Cl)cc(Cl)c1O)C1CC1. The van der Waals surface area contributed by atoms with Gasteiger partial charge in [-0.3, -0.25) is 4.79 Å². The molecule has 4 nitrogen and oxygen atoms in total. The first-order chi connectivity index (χ1) is 9.08. The second-order valence-electron chi connectivity index (χ2n) is 4.64. The summed E-state index contributed by atoms with van der Waals surface area (Å²) in [6.45, 7) is 1.65. The maximum atomic E-state index is 11.4. The van der Waals surface area contributed by atoms with Gasteiger partial charge in [-0.25, -0.2) is 0 Å². The van der Waals surface area contributed by atoms with Crippen molar-refractivity contribution < 1.29 is 9.90 Å². The minimum Gasteiger partial charge on any atom is -0.506 e. The quantitative estimate of drug-likeness (QED) is 0.707. The smallest absolute Gasteiger partial charge is 0.223 e. The van der Waals surface area contributed by atoms with E-state index in [1.165, 1.54) is 6.07 Å². The largest absolute Gasteiger partial charge is 0.506 e. The molecule has 6 heteroatoms. The van der Waals surface area contributed by atoms with E-state index in [0.717, 1.165) is 12.8 Å². The zero-order valence-electron chi connectivity index (χ0n) is 10.4. The van der Waals surface area contributed by atoms with E-state index in [2.05, 4.69) is 10.6 Å². The van der Waals surface area contributed by atoms with Crippen LogP contribution in [-0.4, -0.2) is 24.1 Å². The summed E-state index contributed by atoms with van der Waals surface area (Å²) in [6, 6.07) is 3.16. The van der Waals surface area contributed by atoms with Crippen molar-refractivity contribution in [2.24, 2.45) is 5.92 Å². The molecule has 1 amide bonds. The van der Waals surface area contributed by atoms with Gasteiger partial charge in [0.1, 0.15) is 5.75 Å². The molecular formula is C13H16Cl2N2O2. The topological polar surface area (TPSA) is 61.4 Å². The molecule has 0 radical (unpaired) electrons. The Morgan fingerprint density at radius 2 is 2.05 bits per heavy atom. The number of hydrogen-bond acceptors (Lipinski definition) is 3. The molecule has 1 fully saturated rings. The fourth-order valence-electron chi connectivity index (χ4n) is 1.74. The van der Waals surface area contributed by atoms with E-state index in [9.17, 15) is 9.90 Å². The van der Waals surface area contributed by atoms with Crippen molar-refractivity contribution in [1.82, 2.24) is 10.6 Å². The molecule has 1 aliphatic carbocycles. The van der Waals surface area contributed by atoms with Crippen molar-refractivity contribution in [3.05, 3.63) is 27.7 Å². The van der Waals surface area contributed by atoms with Gasteiger partial charge < -0.3 is 15.7 Å². The number of carbonyl (C=O) groups excluding carboxylic acids is 1. The molecule has 0 bridgehead atoms. The van der Waals surface area contributed by atoms with Crippen molar-refractivity contribution >= 4 is 29.1 Å². The summed E-state index contributed by atoms with van der Waals surface area (Å²) < 4.78 is 0. The average Bonchev–Trinajstić information content (AvgIpc) is 3.18. The summed E-state index contributed by atoms with van der Waals surface area (Å²) >= 11 is 11.7. The first kappa shape index (κ1) is 14.4. The van der Waals surface area contributed by atoms with E-state index in [4.69, 9.17) is 23.2 Å². The third kappa shape index (κ3) is 4.27. The minimum atomic E-state index is 0.0422. The number of aromatic hydroxyl groups is 1. The predicted octanol–water partition coefficient (Wildman–Crippen LogP) is 2.31. The first-order valence-electron chi connectivity index (χ1n) is 6.23. The van der Waals surface area contributed by atoms with Crippen LogP contribution in [0.3, 0.4) is 0 Å². The molecule has 0 atom stereocenters. The van der Waals surface area contributed by atoms with Crippen molar-refractivity contribution in [3.8, 4) is 5.75 Å². The van der Waals surface area contributed by atoms with Gasteiger partial charge in [0.15, 0.2) is 0 Å². The molecule has 0 spiro atoms. The molecule has 1 aromatic rings. The Hall–Kier alpha value is -0.970. The van der Waals surface area contributed by atoms with Gasteiger partial charge in [0, 0.05) is 36.1 Å². The molecule has 0 saturated heterocycles. The lowest BCUT2D eigenvalue weighted by atomic mass is 10.2. The molecule has 3 N–H and O–H groups in total. The van der Waals surface area contributed by atoms with Crippen LogP contribution in [0.5, 0.6) is 5.75 Å². The van der Waals surface area contributed by atoms with E-state index < -0.39 is 0 Å². The zero-order valence-corrected chi connectivity index (χ0v) is 11.9. The Morgan fingerprint density at radius 3 is 2.74 bits per heavy atom. The standard InChI is InChI=1S/C13H16Cl2N2O2/c14-10-5-9(12(18)11(15)6-10)7-16-3-4-17-13(19)8-1-2-8/h5-6,8,16,18H,1-4,7H2,(H,17,19). The van der Waals surface area contributed by atoms with Crippen LogP contribution in [0.15, 0.2) is 12.1 Å². The number of phenolic OH excluding ortho intramolecular Hbond substituents is 1. The fourth-order valence-corrected chi connectivity index (χ4v) is 2.28. The Balaban J connectivity index is 1.71. The third-order valence-corrected chi connectivity index (χ3v) is 3.48. The number of nitrogens with one attached hydrogen (secondary N) is 2. The maximum absolute atomic E-state index is 11.4. The van der Waals surface area contributed by atoms with Crippen molar-refractivity contribution in [2.45, 2.75) is 19.4 Å². The van der Waals surface area contributed by atoms with E-state index in [0.29, 0.717) is 30.2 Å². The van der Waals surface area contributed by atoms with Gasteiger partial charge in [0.25, 0.3) is 0 Å². The minimum absolute atomic E-state index is 0.0422. The Morgan fingerprint density at radius 1 is 1.32 bits per heavy atom. The number of benzene rings is 1. The third-order valence-electron chi connectivity index (χ3n) is 2.97. The van der Waals surface area contributed by atoms with Crippen LogP contribution in [0.1, 0.15) is 18.4 Å². The van der Waals surface area contributed by atoms with Crippen molar-refractivity contribution in [3.63, 3.8) is 0 Å². The summed E-state index contributed by atoms with van der Waals surface area (Å²) in [5.41, 5.74) is 0.644. The van der Waals surface area contributed by atoms with Gasteiger partial charge in [0.05, 0.1) is 5.02 Å². The Bertz CT molecular complexity index is 476. The molecule has 1 aromatic carbocycles. The second-order valence-corrected chi connectivity index (χ2v) is 5.48. The number of carbonyl (C=O) groups is 1. The van der Waals surface area contributed by atoms with Crippen molar-refractivity contribution in [2.75, 3.05) is 13.1 Å². The molecule has 1 saturated carbocycles. The van der Waals surface area contributed by atoms with Gasteiger partial charge in [-0.05, 0) is 25.0 Å². The Kier molecular flexibility index (Phi) is 4.91. The fraction of sp³-hybridized carbons (Fsp3) is 0.462. The van der Waals surface area contributed by atoms with Crippen LogP contribution in [0.4, 0.5) is 0 Å². The summed E-state index contributed by atoms with van der Waals surface area (Å²) in [7, 11) is 0. The van der Waals surface area contributed by atoms with Crippen LogP contribution < -0.4 is 10.6 Å². The normalized spacial score (nSPS) is 14.4. The molecule has 19 heavy (non-hydrogen) atoms. The van der Waals surface area contributed by atoms with Crippen LogP contribution in [0.25, 0.3) is 0 Å². The molecule has 0 unspecified atom stereocenters. The van der Waals surface area contributed by atoms with Crippen molar-refractivity contribution in [1.29, 1.82) is 0 Å². The molecule has 2 rings (SSSR count). The van der Waals surface area contributed by atoms with Gasteiger partial charge in [-0.1, -0.05) is 23.2 Å². The average molecular weight is 303 g/mol. The highest BCUT2D eigenvalue weighted by atomic mass is 35.5. The first-order valence-corrected chi connectivity index (χ1v) is 6.99. The molecule has 0 aromatic heterocycles. The molecule has 1 aliphatic rings. The van der Waals surface area contributed by atoms with E-state index in [1.807, 2.05) is 0 Å². The highest BCUT2D eigenvalue weighted by Crippen LogP contribution is 2.31. The number of amides is 1. The lowest BCUT2D eigenvalue weighted by Gasteiger charge is -2.09. The molecular weight excluding hydrogens is 287 g/mol. The highest BCUT2D eigenvalue weighted by Gasteiger charge is 2.28. The highest BCUT2D eigenvalue weighted by molar-refractivity contribution is 6.35. The molecule has 0 heterocycles. The van der Waals surface area contributed by atoms with Gasteiger partial charge in [-0.2, -0.15) is 0 Å². The number of rotatable bonds is 6. The Labute approximate surface area is 122 Å². The lowest BCUT2D eigenvalue weighted by molar-refractivity contribution is -0.122. The second kappa shape index (κ2) is 6.46. The number of phenols is 1. The summed E-state index contributed by atoms with van der Waals surface area (Å²) in [6.07, 6.45) is 2.02. The van der Waals surface area contributed by atoms with Gasteiger partial charge >= 0.3 is 0 Å². The van der Waals surface area contributed by atoms with E-state index >= 15 is 0 Å². The van der Waals surface area contributed by atoms with Gasteiger partial charge in [-0.15, -0.1) is 0 Å². The molecule has 104 valence electrons. The van der Waals surface area contributed by atoms with E-state index in [-0.39, 0.29) is 22.6 Å².